The molecule has 184 valence electrons. The van der Waals surface area contributed by atoms with E-state index in [1.165, 1.54) is 11.3 Å². The minimum absolute atomic E-state index is 0.0127. The second-order valence-corrected chi connectivity index (χ2v) is 10.1. The topological polar surface area (TPSA) is 87.7 Å². The van der Waals surface area contributed by atoms with Crippen LogP contribution in [0.5, 0.6) is 0 Å². The lowest BCUT2D eigenvalue weighted by Crippen LogP contribution is -2.45. The van der Waals surface area contributed by atoms with E-state index in [9.17, 15) is 14.4 Å². The summed E-state index contributed by atoms with van der Waals surface area (Å²) in [5.41, 5.74) is 1.45. The van der Waals surface area contributed by atoms with Gasteiger partial charge in [0.1, 0.15) is 4.88 Å². The zero-order chi connectivity index (χ0) is 24.7. The predicted molar refractivity (Wildman–Crippen MR) is 136 cm³/mol. The predicted octanol–water partition coefficient (Wildman–Crippen LogP) is 4.40. The minimum Gasteiger partial charge on any atom is -0.462 e. The van der Waals surface area contributed by atoms with Crippen LogP contribution >= 0.6 is 11.3 Å². The summed E-state index contributed by atoms with van der Waals surface area (Å²) in [6, 6.07) is 11.7. The van der Waals surface area contributed by atoms with Gasteiger partial charge in [-0.05, 0) is 57.3 Å². The van der Waals surface area contributed by atoms with Crippen molar-refractivity contribution < 1.29 is 19.1 Å². The first kappa shape index (κ1) is 25.9. The van der Waals surface area contributed by atoms with E-state index in [1.54, 1.807) is 6.92 Å². The Hall–Kier alpha value is -2.71. The zero-order valence-corrected chi connectivity index (χ0v) is 21.2. The number of nitrogens with zero attached hydrogens (tertiary/aromatic N) is 1. The summed E-state index contributed by atoms with van der Waals surface area (Å²) in [6.07, 6.45) is 1.46. The first-order valence-electron chi connectivity index (χ1n) is 12.0. The normalized spacial score (nSPS) is 15.7. The van der Waals surface area contributed by atoms with E-state index in [-0.39, 0.29) is 36.9 Å². The van der Waals surface area contributed by atoms with Crippen molar-refractivity contribution in [3.05, 3.63) is 41.3 Å². The monoisotopic (exact) mass is 485 g/mol. The molecule has 0 radical (unpaired) electrons. The van der Waals surface area contributed by atoms with Gasteiger partial charge in [-0.15, -0.1) is 11.3 Å². The Labute approximate surface area is 205 Å². The molecular weight excluding hydrogens is 450 g/mol. The molecule has 1 aromatic carbocycles. The van der Waals surface area contributed by atoms with Crippen molar-refractivity contribution in [3.63, 3.8) is 0 Å². The standard InChI is InChI=1S/C26H35N3O4S/c1-5-33-26(32)24-21(15-22(34-24)19-9-7-6-8-10-19)28-23(30)16-29-13-11-20(12-14-29)25(31)27-18(4)17(2)3/h6-10,15,17-18,20H,5,11-14,16H2,1-4H3,(H,27,31)(H,28,30). The van der Waals surface area contributed by atoms with E-state index in [0.29, 0.717) is 29.6 Å². The smallest absolute Gasteiger partial charge is 0.350 e. The number of likely N-dealkylation sites (tertiary alicyclic amines) is 1. The van der Waals surface area contributed by atoms with Gasteiger partial charge >= 0.3 is 5.97 Å². The maximum absolute atomic E-state index is 12.8. The highest BCUT2D eigenvalue weighted by Crippen LogP contribution is 2.35. The molecule has 0 spiro atoms. The average molecular weight is 486 g/mol. The van der Waals surface area contributed by atoms with E-state index >= 15 is 0 Å². The summed E-state index contributed by atoms with van der Waals surface area (Å²) < 4.78 is 5.20. The van der Waals surface area contributed by atoms with Crippen LogP contribution in [0.25, 0.3) is 10.4 Å². The molecule has 2 N–H and O–H groups in total. The molecule has 2 aromatic rings. The van der Waals surface area contributed by atoms with Crippen molar-refractivity contribution in [3.8, 4) is 10.4 Å². The van der Waals surface area contributed by atoms with Crippen LogP contribution in [0.15, 0.2) is 36.4 Å². The summed E-state index contributed by atoms with van der Waals surface area (Å²) in [4.78, 5) is 41.1. The third-order valence-electron chi connectivity index (χ3n) is 6.22. The van der Waals surface area contributed by atoms with Gasteiger partial charge in [-0.1, -0.05) is 44.2 Å². The summed E-state index contributed by atoms with van der Waals surface area (Å²) in [7, 11) is 0. The van der Waals surface area contributed by atoms with E-state index < -0.39 is 5.97 Å². The molecule has 34 heavy (non-hydrogen) atoms. The molecule has 1 aliphatic rings. The molecule has 1 fully saturated rings. The number of carbonyl (C=O) groups is 3. The number of benzene rings is 1. The van der Waals surface area contributed by atoms with Gasteiger partial charge in [0, 0.05) is 16.8 Å². The highest BCUT2D eigenvalue weighted by atomic mass is 32.1. The lowest BCUT2D eigenvalue weighted by Gasteiger charge is -2.31. The number of esters is 1. The first-order valence-corrected chi connectivity index (χ1v) is 12.8. The molecule has 8 heteroatoms. The van der Waals surface area contributed by atoms with Crippen LogP contribution in [0.4, 0.5) is 5.69 Å². The molecule has 0 bridgehead atoms. The van der Waals surface area contributed by atoms with Gasteiger partial charge in [0.25, 0.3) is 0 Å². The van der Waals surface area contributed by atoms with E-state index in [4.69, 9.17) is 4.74 Å². The van der Waals surface area contributed by atoms with E-state index in [1.807, 2.05) is 43.3 Å². The molecule has 0 saturated carbocycles. The molecule has 3 rings (SSSR count). The number of thiophene rings is 1. The quantitative estimate of drug-likeness (QED) is 0.514. The number of nitrogens with one attached hydrogen (secondary N) is 2. The van der Waals surface area contributed by atoms with Crippen LogP contribution < -0.4 is 10.6 Å². The third-order valence-corrected chi connectivity index (χ3v) is 7.38. The van der Waals surface area contributed by atoms with Crippen molar-refractivity contribution >= 4 is 34.8 Å². The highest BCUT2D eigenvalue weighted by Gasteiger charge is 2.27. The lowest BCUT2D eigenvalue weighted by molar-refractivity contribution is -0.127. The lowest BCUT2D eigenvalue weighted by atomic mass is 9.95. The van der Waals surface area contributed by atoms with Crippen LogP contribution in [0.3, 0.4) is 0 Å². The van der Waals surface area contributed by atoms with Crippen molar-refractivity contribution in [2.75, 3.05) is 31.6 Å². The van der Waals surface area contributed by atoms with Gasteiger partial charge in [0.15, 0.2) is 0 Å². The maximum atomic E-state index is 12.8. The second kappa shape index (κ2) is 12.1. The van der Waals surface area contributed by atoms with Crippen LogP contribution in [-0.2, 0) is 14.3 Å². The first-order chi connectivity index (χ1) is 16.3. The van der Waals surface area contributed by atoms with Crippen LogP contribution in [-0.4, -0.2) is 55.0 Å². The Morgan fingerprint density at radius 3 is 2.41 bits per heavy atom. The van der Waals surface area contributed by atoms with Crippen LogP contribution in [0.1, 0.15) is 50.2 Å². The Morgan fingerprint density at radius 1 is 1.12 bits per heavy atom. The van der Waals surface area contributed by atoms with E-state index in [2.05, 4.69) is 29.4 Å². The molecule has 1 saturated heterocycles. The molecule has 2 heterocycles. The molecule has 1 atom stereocenters. The summed E-state index contributed by atoms with van der Waals surface area (Å²) in [5, 5.41) is 6.01. The summed E-state index contributed by atoms with van der Waals surface area (Å²) in [5.74, 6) is -0.129. The molecule has 2 amide bonds. The fraction of sp³-hybridized carbons (Fsp3) is 0.500. The van der Waals surface area contributed by atoms with E-state index in [0.717, 1.165) is 23.3 Å². The Bertz CT molecular complexity index is 981. The van der Waals surface area contributed by atoms with Crippen molar-refractivity contribution in [2.24, 2.45) is 11.8 Å². The minimum atomic E-state index is -0.438. The molecular formula is C26H35N3O4S. The van der Waals surface area contributed by atoms with Gasteiger partial charge in [-0.3, -0.25) is 14.5 Å². The Balaban J connectivity index is 1.59. The molecule has 7 nitrogen and oxygen atoms in total. The number of hydrogen-bond acceptors (Lipinski definition) is 6. The second-order valence-electron chi connectivity index (χ2n) is 9.08. The van der Waals surface area contributed by atoms with Crippen LogP contribution in [0, 0.1) is 11.8 Å². The third kappa shape index (κ3) is 6.90. The zero-order valence-electron chi connectivity index (χ0n) is 20.4. The number of amides is 2. The molecule has 1 aromatic heterocycles. The molecule has 1 aliphatic heterocycles. The van der Waals surface area contributed by atoms with Gasteiger partial charge in [0.2, 0.25) is 11.8 Å². The molecule has 0 aliphatic carbocycles. The van der Waals surface area contributed by atoms with Crippen molar-refractivity contribution in [1.29, 1.82) is 0 Å². The van der Waals surface area contributed by atoms with Crippen molar-refractivity contribution in [1.82, 2.24) is 10.2 Å². The average Bonchev–Trinajstić information content (AvgIpc) is 3.23. The number of rotatable bonds is 9. The SMILES string of the molecule is CCOC(=O)c1sc(-c2ccccc2)cc1NC(=O)CN1CCC(C(=O)NC(C)C(C)C)CC1. The summed E-state index contributed by atoms with van der Waals surface area (Å²) in [6.45, 7) is 9.83. The summed E-state index contributed by atoms with van der Waals surface area (Å²) >= 11 is 1.31. The number of piperidine rings is 1. The van der Waals surface area contributed by atoms with Gasteiger partial charge in [-0.2, -0.15) is 0 Å². The Morgan fingerprint density at radius 2 is 1.79 bits per heavy atom. The van der Waals surface area contributed by atoms with Gasteiger partial charge in [0.05, 0.1) is 18.8 Å². The maximum Gasteiger partial charge on any atom is 0.350 e. The number of ether oxygens (including phenoxy) is 1. The Kier molecular flexibility index (Phi) is 9.24. The fourth-order valence-electron chi connectivity index (χ4n) is 3.83. The number of hydrogen-bond donors (Lipinski definition) is 2. The largest absolute Gasteiger partial charge is 0.462 e. The highest BCUT2D eigenvalue weighted by molar-refractivity contribution is 7.18. The van der Waals surface area contributed by atoms with Gasteiger partial charge in [-0.25, -0.2) is 4.79 Å². The fourth-order valence-corrected chi connectivity index (χ4v) is 4.84. The number of carbonyl (C=O) groups excluding carboxylic acids is 3. The van der Waals surface area contributed by atoms with Gasteiger partial charge < -0.3 is 15.4 Å². The molecule has 1 unspecified atom stereocenters. The number of anilines is 1. The van der Waals surface area contributed by atoms with Crippen molar-refractivity contribution in [2.45, 2.75) is 46.6 Å². The van der Waals surface area contributed by atoms with Crippen LogP contribution in [0.2, 0.25) is 0 Å².